The Hall–Kier alpha value is -0.420. The van der Waals surface area contributed by atoms with Gasteiger partial charge in [0.2, 0.25) is 0 Å². The number of nitrogens with one attached hydrogen (secondary N) is 1. The van der Waals surface area contributed by atoms with Gasteiger partial charge in [-0.15, -0.1) is 0 Å². The van der Waals surface area contributed by atoms with Gasteiger partial charge >= 0.3 is 6.09 Å². The topological polar surface area (TPSA) is 58.6 Å². The first-order valence-corrected chi connectivity index (χ1v) is 4.74. The van der Waals surface area contributed by atoms with Crippen LogP contribution in [0.5, 0.6) is 0 Å². The molecule has 11 heavy (non-hydrogen) atoms. The standard InChI is InChI=1S/C6H11NO3S/c1-11-3-5-4(2-8)7-6(9)10-5/h4-5,8H,2-3H2,1H3,(H,7,9)/t4-,5-/m0/s1. The molecule has 0 unspecified atom stereocenters. The molecule has 0 radical (unpaired) electrons. The lowest BCUT2D eigenvalue weighted by Gasteiger charge is -2.12. The SMILES string of the molecule is CSC[C@@H]1OC(=O)N[C@H]1CO. The van der Waals surface area contributed by atoms with Crippen LogP contribution in [0.15, 0.2) is 0 Å². The Morgan fingerprint density at radius 2 is 2.55 bits per heavy atom. The Morgan fingerprint density at radius 1 is 1.82 bits per heavy atom. The summed E-state index contributed by atoms with van der Waals surface area (Å²) in [5, 5.41) is 11.3. The average molecular weight is 177 g/mol. The van der Waals surface area contributed by atoms with Crippen LogP contribution in [0.25, 0.3) is 0 Å². The van der Waals surface area contributed by atoms with Crippen molar-refractivity contribution in [3.8, 4) is 0 Å². The van der Waals surface area contributed by atoms with Crippen LogP contribution in [0.4, 0.5) is 4.79 Å². The first-order valence-electron chi connectivity index (χ1n) is 3.35. The third kappa shape index (κ3) is 2.00. The molecule has 0 bridgehead atoms. The molecule has 1 rings (SSSR count). The first-order chi connectivity index (χ1) is 5.27. The third-order valence-corrected chi connectivity index (χ3v) is 2.20. The van der Waals surface area contributed by atoms with Crippen LogP contribution in [-0.4, -0.2) is 42.0 Å². The van der Waals surface area contributed by atoms with E-state index in [1.165, 1.54) is 0 Å². The monoisotopic (exact) mass is 177 g/mol. The maximum atomic E-state index is 10.6. The number of hydrogen-bond acceptors (Lipinski definition) is 4. The Bertz CT molecular complexity index is 153. The molecule has 1 amide bonds. The predicted octanol–water partition coefficient (Wildman–Crippen LogP) is -0.181. The first kappa shape index (κ1) is 8.67. The molecule has 0 aromatic carbocycles. The summed E-state index contributed by atoms with van der Waals surface area (Å²) in [6, 6.07) is -0.227. The predicted molar refractivity (Wildman–Crippen MR) is 42.7 cm³/mol. The van der Waals surface area contributed by atoms with Gasteiger partial charge in [0.25, 0.3) is 0 Å². The summed E-state index contributed by atoms with van der Waals surface area (Å²) in [5.41, 5.74) is 0. The maximum Gasteiger partial charge on any atom is 0.407 e. The zero-order chi connectivity index (χ0) is 8.27. The molecule has 1 fully saturated rings. The normalized spacial score (nSPS) is 29.8. The Balaban J connectivity index is 2.43. The van der Waals surface area contributed by atoms with E-state index in [0.717, 1.165) is 5.75 Å². The number of amides is 1. The molecule has 1 heterocycles. The van der Waals surface area contributed by atoms with Gasteiger partial charge in [-0.25, -0.2) is 4.79 Å². The van der Waals surface area contributed by atoms with Gasteiger partial charge < -0.3 is 15.2 Å². The van der Waals surface area contributed by atoms with E-state index >= 15 is 0 Å². The molecule has 1 aliphatic heterocycles. The van der Waals surface area contributed by atoms with E-state index in [-0.39, 0.29) is 18.8 Å². The number of aliphatic hydroxyl groups excluding tert-OH is 1. The van der Waals surface area contributed by atoms with Gasteiger partial charge in [-0.3, -0.25) is 0 Å². The minimum Gasteiger partial charge on any atom is -0.443 e. The largest absolute Gasteiger partial charge is 0.443 e. The van der Waals surface area contributed by atoms with Crippen LogP contribution < -0.4 is 5.32 Å². The Morgan fingerprint density at radius 3 is 3.09 bits per heavy atom. The number of thioether (sulfide) groups is 1. The van der Waals surface area contributed by atoms with E-state index in [1.807, 2.05) is 6.26 Å². The number of aliphatic hydroxyl groups is 1. The van der Waals surface area contributed by atoms with Crippen molar-refractivity contribution in [2.45, 2.75) is 12.1 Å². The molecule has 5 heteroatoms. The number of cyclic esters (lactones) is 1. The Labute approximate surface area is 69.3 Å². The van der Waals surface area contributed by atoms with Crippen LogP contribution in [-0.2, 0) is 4.74 Å². The summed E-state index contributed by atoms with van der Waals surface area (Å²) in [5.74, 6) is 0.726. The molecular weight excluding hydrogens is 166 g/mol. The summed E-state index contributed by atoms with van der Waals surface area (Å²) < 4.78 is 4.87. The summed E-state index contributed by atoms with van der Waals surface area (Å²) in [6.45, 7) is -0.0586. The maximum absolute atomic E-state index is 10.6. The highest BCUT2D eigenvalue weighted by atomic mass is 32.2. The third-order valence-electron chi connectivity index (χ3n) is 1.54. The van der Waals surface area contributed by atoms with Gasteiger partial charge in [-0.05, 0) is 6.26 Å². The van der Waals surface area contributed by atoms with Crippen LogP contribution in [0, 0.1) is 0 Å². The van der Waals surface area contributed by atoms with E-state index < -0.39 is 6.09 Å². The van der Waals surface area contributed by atoms with Crippen LogP contribution in [0.1, 0.15) is 0 Å². The average Bonchev–Trinajstić information content (AvgIpc) is 2.32. The number of hydrogen-bond donors (Lipinski definition) is 2. The fourth-order valence-electron chi connectivity index (χ4n) is 0.976. The second-order valence-electron chi connectivity index (χ2n) is 2.33. The highest BCUT2D eigenvalue weighted by molar-refractivity contribution is 7.98. The molecule has 1 aliphatic rings. The fourth-order valence-corrected chi connectivity index (χ4v) is 1.60. The number of carbonyl (C=O) groups excluding carboxylic acids is 1. The van der Waals surface area contributed by atoms with Crippen molar-refractivity contribution in [1.82, 2.24) is 5.32 Å². The van der Waals surface area contributed by atoms with Crippen molar-refractivity contribution in [1.29, 1.82) is 0 Å². The molecule has 4 nitrogen and oxygen atoms in total. The summed E-state index contributed by atoms with van der Waals surface area (Å²) in [4.78, 5) is 10.6. The lowest BCUT2D eigenvalue weighted by molar-refractivity contribution is 0.132. The van der Waals surface area contributed by atoms with Gasteiger partial charge in [-0.2, -0.15) is 11.8 Å². The molecule has 0 aromatic heterocycles. The van der Waals surface area contributed by atoms with Crippen LogP contribution in [0.3, 0.4) is 0 Å². The molecule has 2 atom stereocenters. The van der Waals surface area contributed by atoms with Crippen molar-refractivity contribution >= 4 is 17.9 Å². The lowest BCUT2D eigenvalue weighted by atomic mass is 10.2. The van der Waals surface area contributed by atoms with Crippen molar-refractivity contribution in [3.05, 3.63) is 0 Å². The van der Waals surface area contributed by atoms with E-state index in [0.29, 0.717) is 0 Å². The van der Waals surface area contributed by atoms with Crippen molar-refractivity contribution in [2.75, 3.05) is 18.6 Å². The van der Waals surface area contributed by atoms with Gasteiger partial charge in [0.1, 0.15) is 6.10 Å². The number of rotatable bonds is 3. The smallest absolute Gasteiger partial charge is 0.407 e. The van der Waals surface area contributed by atoms with E-state index in [9.17, 15) is 4.79 Å². The van der Waals surface area contributed by atoms with Gasteiger partial charge in [0, 0.05) is 5.75 Å². The minimum atomic E-state index is -0.428. The summed E-state index contributed by atoms with van der Waals surface area (Å²) in [6.07, 6.45) is 1.33. The van der Waals surface area contributed by atoms with E-state index in [2.05, 4.69) is 5.32 Å². The van der Waals surface area contributed by atoms with E-state index in [4.69, 9.17) is 9.84 Å². The molecule has 64 valence electrons. The van der Waals surface area contributed by atoms with Crippen LogP contribution in [0.2, 0.25) is 0 Å². The minimum absolute atomic E-state index is 0.0586. The van der Waals surface area contributed by atoms with Gasteiger partial charge in [-0.1, -0.05) is 0 Å². The Kier molecular flexibility index (Phi) is 3.02. The zero-order valence-electron chi connectivity index (χ0n) is 6.24. The van der Waals surface area contributed by atoms with Crippen LogP contribution >= 0.6 is 11.8 Å². The summed E-state index contributed by atoms with van der Waals surface area (Å²) >= 11 is 1.59. The molecule has 0 spiro atoms. The molecule has 0 aliphatic carbocycles. The molecular formula is C6H11NO3S. The molecule has 1 saturated heterocycles. The van der Waals surface area contributed by atoms with E-state index in [1.54, 1.807) is 11.8 Å². The molecule has 0 aromatic rings. The quantitative estimate of drug-likeness (QED) is 0.628. The highest BCUT2D eigenvalue weighted by Crippen LogP contribution is 2.12. The molecule has 2 N–H and O–H groups in total. The zero-order valence-corrected chi connectivity index (χ0v) is 7.06. The fraction of sp³-hybridized carbons (Fsp3) is 0.833. The highest BCUT2D eigenvalue weighted by Gasteiger charge is 2.32. The van der Waals surface area contributed by atoms with Crippen molar-refractivity contribution < 1.29 is 14.6 Å². The molecule has 0 saturated carbocycles. The van der Waals surface area contributed by atoms with Crippen molar-refractivity contribution in [3.63, 3.8) is 0 Å². The number of carbonyl (C=O) groups is 1. The lowest BCUT2D eigenvalue weighted by Crippen LogP contribution is -2.36. The second kappa shape index (κ2) is 3.82. The number of ether oxygens (including phenoxy) is 1. The summed E-state index contributed by atoms with van der Waals surface area (Å²) in [7, 11) is 0. The van der Waals surface area contributed by atoms with Gasteiger partial charge in [0.05, 0.1) is 12.6 Å². The number of alkyl carbamates (subject to hydrolysis) is 1. The van der Waals surface area contributed by atoms with Gasteiger partial charge in [0.15, 0.2) is 0 Å². The van der Waals surface area contributed by atoms with Crippen molar-refractivity contribution in [2.24, 2.45) is 0 Å². The second-order valence-corrected chi connectivity index (χ2v) is 3.24.